The Kier molecular flexibility index (Phi) is 6.34. The fraction of sp³-hybridized carbons (Fsp3) is 0.391. The van der Waals surface area contributed by atoms with E-state index < -0.39 is 0 Å². The SMILES string of the molecule is COc1ccc(OC)c(-c2cc(C(=O)N3CCC(Oc4cncc(N(C)C)n4)C3)n(C)n2)c1. The third kappa shape index (κ3) is 4.69. The number of anilines is 1. The molecule has 1 amide bonds. The number of hydrogen-bond donors (Lipinski definition) is 0. The lowest BCUT2D eigenvalue weighted by Crippen LogP contribution is -2.32. The molecule has 0 saturated carbocycles. The number of ether oxygens (including phenoxy) is 3. The first-order chi connectivity index (χ1) is 15.9. The first-order valence-electron chi connectivity index (χ1n) is 10.6. The van der Waals surface area contributed by atoms with Gasteiger partial charge >= 0.3 is 0 Å². The van der Waals surface area contributed by atoms with Gasteiger partial charge in [-0.3, -0.25) is 14.5 Å². The van der Waals surface area contributed by atoms with E-state index in [1.807, 2.05) is 37.2 Å². The van der Waals surface area contributed by atoms with Crippen molar-refractivity contribution in [1.82, 2.24) is 24.6 Å². The normalized spacial score (nSPS) is 15.4. The van der Waals surface area contributed by atoms with Gasteiger partial charge < -0.3 is 24.0 Å². The summed E-state index contributed by atoms with van der Waals surface area (Å²) in [5.74, 6) is 2.41. The van der Waals surface area contributed by atoms with Crippen molar-refractivity contribution in [3.05, 3.63) is 42.4 Å². The molecule has 33 heavy (non-hydrogen) atoms. The minimum Gasteiger partial charge on any atom is -0.497 e. The monoisotopic (exact) mass is 452 g/mol. The molecule has 0 bridgehead atoms. The van der Waals surface area contributed by atoms with Crippen LogP contribution < -0.4 is 19.1 Å². The minimum absolute atomic E-state index is 0.0997. The van der Waals surface area contributed by atoms with Gasteiger partial charge in [-0.2, -0.15) is 10.1 Å². The Balaban J connectivity index is 1.49. The molecule has 1 aromatic carbocycles. The molecule has 174 valence electrons. The molecule has 2 aromatic heterocycles. The number of amides is 1. The van der Waals surface area contributed by atoms with E-state index in [0.717, 1.165) is 5.56 Å². The van der Waals surface area contributed by atoms with Gasteiger partial charge in [0.15, 0.2) is 5.82 Å². The molecule has 1 fully saturated rings. The Bertz CT molecular complexity index is 1150. The molecule has 1 atom stereocenters. The van der Waals surface area contributed by atoms with Crippen molar-refractivity contribution in [2.24, 2.45) is 7.05 Å². The number of hydrogen-bond acceptors (Lipinski definition) is 8. The van der Waals surface area contributed by atoms with Crippen molar-refractivity contribution in [1.29, 1.82) is 0 Å². The number of aromatic nitrogens is 4. The fourth-order valence-corrected chi connectivity index (χ4v) is 3.77. The van der Waals surface area contributed by atoms with Crippen LogP contribution in [0.15, 0.2) is 36.7 Å². The van der Waals surface area contributed by atoms with Crippen LogP contribution in [0.4, 0.5) is 5.82 Å². The van der Waals surface area contributed by atoms with E-state index >= 15 is 0 Å². The van der Waals surface area contributed by atoms with E-state index in [2.05, 4.69) is 15.1 Å². The molecule has 10 nitrogen and oxygen atoms in total. The lowest BCUT2D eigenvalue weighted by Gasteiger charge is -2.17. The summed E-state index contributed by atoms with van der Waals surface area (Å²) in [6.07, 6.45) is 3.83. The molecule has 10 heteroatoms. The Morgan fingerprint density at radius 3 is 2.70 bits per heavy atom. The summed E-state index contributed by atoms with van der Waals surface area (Å²) in [5.41, 5.74) is 1.89. The molecule has 3 heterocycles. The zero-order valence-corrected chi connectivity index (χ0v) is 19.5. The van der Waals surface area contributed by atoms with Crippen LogP contribution in [0.2, 0.25) is 0 Å². The molecule has 0 N–H and O–H groups in total. The second kappa shape index (κ2) is 9.35. The Labute approximate surface area is 192 Å². The summed E-state index contributed by atoms with van der Waals surface area (Å²) >= 11 is 0. The van der Waals surface area contributed by atoms with Crippen molar-refractivity contribution in [2.45, 2.75) is 12.5 Å². The highest BCUT2D eigenvalue weighted by Gasteiger charge is 2.30. The maximum Gasteiger partial charge on any atom is 0.272 e. The summed E-state index contributed by atoms with van der Waals surface area (Å²) in [7, 11) is 8.76. The van der Waals surface area contributed by atoms with Gasteiger partial charge in [0.1, 0.15) is 23.3 Å². The molecule has 1 unspecified atom stereocenters. The topological polar surface area (TPSA) is 94.8 Å². The number of likely N-dealkylation sites (tertiary alicyclic amines) is 1. The van der Waals surface area contributed by atoms with Gasteiger partial charge in [0.25, 0.3) is 5.91 Å². The molecular weight excluding hydrogens is 424 g/mol. The molecular formula is C23H28N6O4. The Hall–Kier alpha value is -3.82. The number of nitrogens with zero attached hydrogens (tertiary/aromatic N) is 6. The number of benzene rings is 1. The minimum atomic E-state index is -0.146. The average molecular weight is 453 g/mol. The predicted molar refractivity (Wildman–Crippen MR) is 123 cm³/mol. The third-order valence-electron chi connectivity index (χ3n) is 5.56. The molecule has 3 aromatic rings. The number of carbonyl (C=O) groups is 1. The highest BCUT2D eigenvalue weighted by Crippen LogP contribution is 2.33. The van der Waals surface area contributed by atoms with E-state index in [1.54, 1.807) is 49.3 Å². The number of rotatable bonds is 7. The average Bonchev–Trinajstić information content (AvgIpc) is 3.45. The van der Waals surface area contributed by atoms with Crippen molar-refractivity contribution in [3.8, 4) is 28.6 Å². The van der Waals surface area contributed by atoms with Crippen molar-refractivity contribution >= 4 is 11.7 Å². The van der Waals surface area contributed by atoms with Crippen LogP contribution in [0.25, 0.3) is 11.3 Å². The molecule has 0 radical (unpaired) electrons. The number of methoxy groups -OCH3 is 2. The second-order valence-electron chi connectivity index (χ2n) is 7.99. The lowest BCUT2D eigenvalue weighted by molar-refractivity contribution is 0.0760. The van der Waals surface area contributed by atoms with Crippen LogP contribution in [0.1, 0.15) is 16.9 Å². The quantitative estimate of drug-likeness (QED) is 0.539. The van der Waals surface area contributed by atoms with Crippen LogP contribution in [-0.2, 0) is 7.05 Å². The Morgan fingerprint density at radius 2 is 1.97 bits per heavy atom. The van der Waals surface area contributed by atoms with Gasteiger partial charge in [-0.1, -0.05) is 0 Å². The summed E-state index contributed by atoms with van der Waals surface area (Å²) in [6.45, 7) is 1.06. The molecule has 1 aliphatic rings. The first-order valence-corrected chi connectivity index (χ1v) is 10.6. The smallest absolute Gasteiger partial charge is 0.272 e. The lowest BCUT2D eigenvalue weighted by atomic mass is 10.1. The van der Waals surface area contributed by atoms with Crippen LogP contribution in [0, 0.1) is 0 Å². The van der Waals surface area contributed by atoms with Gasteiger partial charge in [-0.05, 0) is 24.3 Å². The van der Waals surface area contributed by atoms with Crippen molar-refractivity contribution in [3.63, 3.8) is 0 Å². The largest absolute Gasteiger partial charge is 0.497 e. The van der Waals surface area contributed by atoms with Crippen molar-refractivity contribution < 1.29 is 19.0 Å². The van der Waals surface area contributed by atoms with E-state index in [9.17, 15) is 4.79 Å². The molecule has 0 spiro atoms. The second-order valence-corrected chi connectivity index (χ2v) is 7.99. The van der Waals surface area contributed by atoms with Crippen LogP contribution in [0.3, 0.4) is 0 Å². The maximum atomic E-state index is 13.3. The Morgan fingerprint density at radius 1 is 1.15 bits per heavy atom. The van der Waals surface area contributed by atoms with E-state index in [4.69, 9.17) is 14.2 Å². The van der Waals surface area contributed by atoms with E-state index in [0.29, 0.717) is 54.1 Å². The van der Waals surface area contributed by atoms with Crippen LogP contribution >= 0.6 is 0 Å². The summed E-state index contributed by atoms with van der Waals surface area (Å²) in [5, 5.41) is 4.55. The van der Waals surface area contributed by atoms with Gasteiger partial charge in [0.05, 0.1) is 38.9 Å². The predicted octanol–water partition coefficient (Wildman–Crippen LogP) is 2.25. The molecule has 0 aliphatic carbocycles. The summed E-state index contributed by atoms with van der Waals surface area (Å²) in [4.78, 5) is 25.5. The maximum absolute atomic E-state index is 13.3. The summed E-state index contributed by atoms with van der Waals surface area (Å²) < 4.78 is 18.4. The van der Waals surface area contributed by atoms with E-state index in [1.165, 1.54) is 0 Å². The zero-order chi connectivity index (χ0) is 23.5. The highest BCUT2D eigenvalue weighted by atomic mass is 16.5. The van der Waals surface area contributed by atoms with Gasteiger partial charge in [0, 0.05) is 39.7 Å². The highest BCUT2D eigenvalue weighted by molar-refractivity contribution is 5.94. The third-order valence-corrected chi connectivity index (χ3v) is 5.56. The molecule has 1 aliphatic heterocycles. The van der Waals surface area contributed by atoms with Gasteiger partial charge in [0.2, 0.25) is 5.88 Å². The molecule has 1 saturated heterocycles. The van der Waals surface area contributed by atoms with Crippen LogP contribution in [0.5, 0.6) is 17.4 Å². The fourth-order valence-electron chi connectivity index (χ4n) is 3.77. The van der Waals surface area contributed by atoms with E-state index in [-0.39, 0.29) is 12.0 Å². The molecule has 4 rings (SSSR count). The van der Waals surface area contributed by atoms with Gasteiger partial charge in [-0.25, -0.2) is 0 Å². The zero-order valence-electron chi connectivity index (χ0n) is 19.5. The standard InChI is InChI=1S/C23H28N6O4/c1-27(2)21-12-24-13-22(25-21)33-16-8-9-29(14-16)23(30)19-11-18(26-28(19)3)17-10-15(31-4)6-7-20(17)32-5/h6-7,10-13,16H,8-9,14H2,1-5H3. The van der Waals surface area contributed by atoms with Crippen LogP contribution in [-0.4, -0.2) is 78.1 Å². The summed E-state index contributed by atoms with van der Waals surface area (Å²) in [6, 6.07) is 7.26. The number of carbonyl (C=O) groups excluding carboxylic acids is 1. The van der Waals surface area contributed by atoms with Crippen molar-refractivity contribution in [2.75, 3.05) is 46.3 Å². The van der Waals surface area contributed by atoms with Gasteiger partial charge in [-0.15, -0.1) is 0 Å². The first kappa shape index (κ1) is 22.4. The number of aryl methyl sites for hydroxylation is 1.